The molecule has 16 heavy (non-hydrogen) atoms. The lowest BCUT2D eigenvalue weighted by atomic mass is 9.98. The first-order valence-electron chi connectivity index (χ1n) is 5.77. The van der Waals surface area contributed by atoms with Gasteiger partial charge in [0.25, 0.3) is 0 Å². The third-order valence-electron chi connectivity index (χ3n) is 3.09. The van der Waals surface area contributed by atoms with Gasteiger partial charge in [-0.05, 0) is 51.0 Å². The van der Waals surface area contributed by atoms with Crippen molar-refractivity contribution in [2.75, 3.05) is 32.5 Å². The summed E-state index contributed by atoms with van der Waals surface area (Å²) < 4.78 is 5.66. The summed E-state index contributed by atoms with van der Waals surface area (Å²) in [6, 6.07) is 3.63. The summed E-state index contributed by atoms with van der Waals surface area (Å²) in [6.07, 6.45) is 4.10. The molecule has 1 fully saturated rings. The minimum atomic E-state index is 0.571. The molecule has 0 amide bonds. The molecule has 4 nitrogen and oxygen atoms in total. The maximum absolute atomic E-state index is 5.76. The number of nitrogens with zero attached hydrogens (tertiary/aromatic N) is 2. The second-order valence-electron chi connectivity index (χ2n) is 4.46. The number of ether oxygens (including phenoxy) is 1. The number of anilines is 1. The summed E-state index contributed by atoms with van der Waals surface area (Å²) in [5, 5.41) is 0. The van der Waals surface area contributed by atoms with E-state index in [9.17, 15) is 0 Å². The van der Waals surface area contributed by atoms with Gasteiger partial charge in [0.1, 0.15) is 0 Å². The van der Waals surface area contributed by atoms with Crippen LogP contribution in [0.15, 0.2) is 18.3 Å². The smallest absolute Gasteiger partial charge is 0.237 e. The van der Waals surface area contributed by atoms with Gasteiger partial charge in [0.15, 0.2) is 0 Å². The molecule has 1 aliphatic heterocycles. The van der Waals surface area contributed by atoms with Gasteiger partial charge < -0.3 is 15.4 Å². The van der Waals surface area contributed by atoms with Gasteiger partial charge in [-0.25, -0.2) is 4.98 Å². The summed E-state index contributed by atoms with van der Waals surface area (Å²) >= 11 is 0. The fourth-order valence-electron chi connectivity index (χ4n) is 1.95. The molecular weight excluding hydrogens is 202 g/mol. The lowest BCUT2D eigenvalue weighted by molar-refractivity contribution is 0.157. The van der Waals surface area contributed by atoms with Crippen LogP contribution >= 0.6 is 0 Å². The Morgan fingerprint density at radius 1 is 1.50 bits per heavy atom. The topological polar surface area (TPSA) is 51.4 Å². The lowest BCUT2D eigenvalue weighted by Crippen LogP contribution is -2.32. The zero-order valence-corrected chi connectivity index (χ0v) is 9.72. The standard InChI is InChI=1S/C12H19N3O/c1-15-7-4-10(5-8-15)9-16-12-11(13)3-2-6-14-12/h2-3,6,10H,4-5,7-9,13H2,1H3. The molecule has 4 heteroatoms. The van der Waals surface area contributed by atoms with Crippen LogP contribution in [0.1, 0.15) is 12.8 Å². The fraction of sp³-hybridized carbons (Fsp3) is 0.583. The highest BCUT2D eigenvalue weighted by atomic mass is 16.5. The fourth-order valence-corrected chi connectivity index (χ4v) is 1.95. The third kappa shape index (κ3) is 2.85. The Balaban J connectivity index is 1.81. The van der Waals surface area contributed by atoms with Gasteiger partial charge in [-0.1, -0.05) is 0 Å². The van der Waals surface area contributed by atoms with Crippen LogP contribution in [0, 0.1) is 5.92 Å². The highest BCUT2D eigenvalue weighted by Crippen LogP contribution is 2.20. The number of likely N-dealkylation sites (tertiary alicyclic amines) is 1. The van der Waals surface area contributed by atoms with Gasteiger partial charge in [-0.2, -0.15) is 0 Å². The van der Waals surface area contributed by atoms with Gasteiger partial charge in [0, 0.05) is 6.20 Å². The second kappa shape index (κ2) is 5.16. The Morgan fingerprint density at radius 3 is 2.94 bits per heavy atom. The largest absolute Gasteiger partial charge is 0.476 e. The summed E-state index contributed by atoms with van der Waals surface area (Å²) in [7, 11) is 2.16. The van der Waals surface area contributed by atoms with Crippen molar-refractivity contribution in [2.45, 2.75) is 12.8 Å². The molecule has 0 radical (unpaired) electrons. The number of aromatic nitrogens is 1. The molecule has 0 bridgehead atoms. The number of hydrogen-bond acceptors (Lipinski definition) is 4. The Kier molecular flexibility index (Phi) is 3.62. The number of pyridine rings is 1. The van der Waals surface area contributed by atoms with E-state index in [1.807, 2.05) is 12.1 Å². The van der Waals surface area contributed by atoms with Gasteiger partial charge in [0.2, 0.25) is 5.88 Å². The predicted octanol–water partition coefficient (Wildman–Crippen LogP) is 1.38. The molecule has 2 heterocycles. The molecule has 0 aliphatic carbocycles. The molecule has 1 aromatic rings. The number of nitrogens with two attached hydrogens (primary N) is 1. The van der Waals surface area contributed by atoms with E-state index >= 15 is 0 Å². The average Bonchev–Trinajstić information content (AvgIpc) is 2.30. The van der Waals surface area contributed by atoms with Crippen molar-refractivity contribution in [1.82, 2.24) is 9.88 Å². The van der Waals surface area contributed by atoms with Crippen LogP contribution in [0.5, 0.6) is 5.88 Å². The quantitative estimate of drug-likeness (QED) is 0.838. The van der Waals surface area contributed by atoms with Crippen LogP contribution in [0.4, 0.5) is 5.69 Å². The molecule has 0 spiro atoms. The molecule has 1 aromatic heterocycles. The van der Waals surface area contributed by atoms with Crippen LogP contribution < -0.4 is 10.5 Å². The first-order chi connectivity index (χ1) is 7.75. The Hall–Kier alpha value is -1.29. The summed E-state index contributed by atoms with van der Waals surface area (Å²) in [6.45, 7) is 3.05. The minimum Gasteiger partial charge on any atom is -0.476 e. The first kappa shape index (κ1) is 11.2. The van der Waals surface area contributed by atoms with Gasteiger partial charge >= 0.3 is 0 Å². The zero-order chi connectivity index (χ0) is 11.4. The number of nitrogen functional groups attached to an aromatic ring is 1. The SMILES string of the molecule is CN1CCC(COc2ncccc2N)CC1. The van der Waals surface area contributed by atoms with E-state index in [0.29, 0.717) is 17.5 Å². The molecule has 1 saturated heterocycles. The molecule has 1 aliphatic rings. The summed E-state index contributed by atoms with van der Waals surface area (Å²) in [5.41, 5.74) is 6.38. The van der Waals surface area contributed by atoms with E-state index < -0.39 is 0 Å². The first-order valence-corrected chi connectivity index (χ1v) is 5.77. The van der Waals surface area contributed by atoms with Crippen molar-refractivity contribution in [2.24, 2.45) is 5.92 Å². The number of piperidine rings is 1. The zero-order valence-electron chi connectivity index (χ0n) is 9.72. The van der Waals surface area contributed by atoms with Crippen molar-refractivity contribution in [3.05, 3.63) is 18.3 Å². The molecular formula is C12H19N3O. The van der Waals surface area contributed by atoms with E-state index in [2.05, 4.69) is 16.9 Å². The van der Waals surface area contributed by atoms with Crippen molar-refractivity contribution in [3.63, 3.8) is 0 Å². The van der Waals surface area contributed by atoms with Crippen LogP contribution in [0.25, 0.3) is 0 Å². The minimum absolute atomic E-state index is 0.571. The van der Waals surface area contributed by atoms with Crippen molar-refractivity contribution < 1.29 is 4.74 Å². The molecule has 0 unspecified atom stereocenters. The maximum atomic E-state index is 5.76. The van der Waals surface area contributed by atoms with E-state index in [4.69, 9.17) is 10.5 Å². The van der Waals surface area contributed by atoms with E-state index in [1.54, 1.807) is 6.20 Å². The number of rotatable bonds is 3. The van der Waals surface area contributed by atoms with E-state index in [-0.39, 0.29) is 0 Å². The molecule has 2 rings (SSSR count). The van der Waals surface area contributed by atoms with E-state index in [1.165, 1.54) is 12.8 Å². The van der Waals surface area contributed by atoms with Crippen molar-refractivity contribution in [1.29, 1.82) is 0 Å². The molecule has 0 aromatic carbocycles. The van der Waals surface area contributed by atoms with Crippen LogP contribution in [-0.4, -0.2) is 36.6 Å². The van der Waals surface area contributed by atoms with Gasteiger partial charge in [-0.3, -0.25) is 0 Å². The second-order valence-corrected chi connectivity index (χ2v) is 4.46. The van der Waals surface area contributed by atoms with Gasteiger partial charge in [-0.15, -0.1) is 0 Å². The van der Waals surface area contributed by atoms with Crippen LogP contribution in [-0.2, 0) is 0 Å². The third-order valence-corrected chi connectivity index (χ3v) is 3.09. The Labute approximate surface area is 96.4 Å². The monoisotopic (exact) mass is 221 g/mol. The normalized spacial score (nSPS) is 18.6. The van der Waals surface area contributed by atoms with Crippen molar-refractivity contribution in [3.8, 4) is 5.88 Å². The van der Waals surface area contributed by atoms with E-state index in [0.717, 1.165) is 19.7 Å². The highest BCUT2D eigenvalue weighted by Gasteiger charge is 2.17. The lowest BCUT2D eigenvalue weighted by Gasteiger charge is -2.28. The molecule has 0 saturated carbocycles. The van der Waals surface area contributed by atoms with Crippen LogP contribution in [0.2, 0.25) is 0 Å². The number of hydrogen-bond donors (Lipinski definition) is 1. The van der Waals surface area contributed by atoms with Crippen LogP contribution in [0.3, 0.4) is 0 Å². The highest BCUT2D eigenvalue weighted by molar-refractivity contribution is 5.46. The predicted molar refractivity (Wildman–Crippen MR) is 64.4 cm³/mol. The maximum Gasteiger partial charge on any atom is 0.237 e. The van der Waals surface area contributed by atoms with Gasteiger partial charge in [0.05, 0.1) is 12.3 Å². The molecule has 2 N–H and O–H groups in total. The molecule has 0 atom stereocenters. The Bertz CT molecular complexity index is 335. The average molecular weight is 221 g/mol. The summed E-state index contributed by atoms with van der Waals surface area (Å²) in [4.78, 5) is 6.47. The van der Waals surface area contributed by atoms with Crippen molar-refractivity contribution >= 4 is 5.69 Å². The molecule has 88 valence electrons. The summed E-state index contributed by atoms with van der Waals surface area (Å²) in [5.74, 6) is 1.21. The Morgan fingerprint density at radius 2 is 2.25 bits per heavy atom.